The van der Waals surface area contributed by atoms with Crippen molar-refractivity contribution in [3.05, 3.63) is 41.6 Å². The minimum absolute atomic E-state index is 0.0685. The zero-order valence-electron chi connectivity index (χ0n) is 16.5. The predicted octanol–water partition coefficient (Wildman–Crippen LogP) is 4.98. The number of hydrogen-bond acceptors (Lipinski definition) is 9. The zero-order chi connectivity index (χ0) is 21.8. The molecule has 0 radical (unpaired) electrons. The fourth-order valence-corrected chi connectivity index (χ4v) is 4.38. The van der Waals surface area contributed by atoms with Gasteiger partial charge >= 0.3 is 6.61 Å². The number of aromatic nitrogens is 5. The molecule has 0 aliphatic carbocycles. The molecule has 3 heterocycles. The van der Waals surface area contributed by atoms with Crippen LogP contribution in [-0.2, 0) is 12.3 Å². The number of nitrogens with zero attached hydrogens (tertiary/aromatic N) is 5. The maximum absolute atomic E-state index is 12.5. The normalized spacial score (nSPS) is 11.3. The minimum Gasteiger partial charge on any atom is -0.493 e. The van der Waals surface area contributed by atoms with E-state index in [0.717, 1.165) is 22.4 Å². The van der Waals surface area contributed by atoms with Crippen LogP contribution < -0.4 is 9.47 Å². The zero-order valence-corrected chi connectivity index (χ0v) is 18.1. The van der Waals surface area contributed by atoms with Gasteiger partial charge in [0.05, 0.1) is 17.7 Å². The molecule has 0 unspecified atom stereocenters. The fourth-order valence-electron chi connectivity index (χ4n) is 2.83. The lowest BCUT2D eigenvalue weighted by atomic mass is 10.2. The molecular formula is C19H17F2N5O3S2. The van der Waals surface area contributed by atoms with Crippen LogP contribution in [0.5, 0.6) is 11.5 Å². The summed E-state index contributed by atoms with van der Waals surface area (Å²) < 4.78 is 41.9. The Morgan fingerprint density at radius 2 is 2.10 bits per heavy atom. The van der Waals surface area contributed by atoms with Gasteiger partial charge in [-0.1, -0.05) is 23.0 Å². The molecule has 3 aromatic heterocycles. The van der Waals surface area contributed by atoms with Gasteiger partial charge in [0, 0.05) is 12.1 Å². The first-order valence-corrected chi connectivity index (χ1v) is 11.0. The van der Waals surface area contributed by atoms with Gasteiger partial charge in [0.2, 0.25) is 11.7 Å². The molecule has 4 aromatic rings. The molecule has 0 N–H and O–H groups in total. The molecule has 0 saturated heterocycles. The van der Waals surface area contributed by atoms with E-state index < -0.39 is 6.61 Å². The summed E-state index contributed by atoms with van der Waals surface area (Å²) in [6, 6.07) is 8.43. The first-order chi connectivity index (χ1) is 15.1. The van der Waals surface area contributed by atoms with Crippen LogP contribution in [0, 0.1) is 0 Å². The van der Waals surface area contributed by atoms with Crippen molar-refractivity contribution in [3.63, 3.8) is 0 Å². The molecule has 4 rings (SSSR count). The van der Waals surface area contributed by atoms with Crippen molar-refractivity contribution in [2.45, 2.75) is 31.0 Å². The van der Waals surface area contributed by atoms with Crippen LogP contribution in [0.25, 0.3) is 22.1 Å². The highest BCUT2D eigenvalue weighted by Crippen LogP contribution is 2.33. The smallest absolute Gasteiger partial charge is 0.387 e. The minimum atomic E-state index is -2.95. The van der Waals surface area contributed by atoms with E-state index >= 15 is 0 Å². The summed E-state index contributed by atoms with van der Waals surface area (Å²) in [6.45, 7) is -0.187. The van der Waals surface area contributed by atoms with Crippen molar-refractivity contribution in [1.29, 1.82) is 0 Å². The molecule has 8 nitrogen and oxygen atoms in total. The molecule has 1 aromatic carbocycles. The quantitative estimate of drug-likeness (QED) is 0.320. The van der Waals surface area contributed by atoms with Crippen molar-refractivity contribution in [1.82, 2.24) is 24.9 Å². The van der Waals surface area contributed by atoms with Crippen LogP contribution in [0.1, 0.15) is 12.8 Å². The van der Waals surface area contributed by atoms with Gasteiger partial charge in [-0.15, -0.1) is 21.5 Å². The van der Waals surface area contributed by atoms with Crippen LogP contribution >= 0.6 is 23.1 Å². The molecule has 0 aliphatic rings. The number of thiophene rings is 1. The summed E-state index contributed by atoms with van der Waals surface area (Å²) in [6.07, 6.45) is 0. The molecule has 0 atom stereocenters. The van der Waals surface area contributed by atoms with Crippen LogP contribution in [0.15, 0.2) is 45.4 Å². The Morgan fingerprint density at radius 1 is 1.23 bits per heavy atom. The molecule has 0 aliphatic heterocycles. The summed E-state index contributed by atoms with van der Waals surface area (Å²) in [5, 5.41) is 15.3. The number of thioether (sulfide) groups is 1. The van der Waals surface area contributed by atoms with Crippen molar-refractivity contribution < 1.29 is 22.8 Å². The van der Waals surface area contributed by atoms with E-state index in [1.807, 2.05) is 29.0 Å². The Bertz CT molecular complexity index is 1150. The number of benzene rings is 1. The molecule has 12 heteroatoms. The second-order valence-corrected chi connectivity index (χ2v) is 7.96. The van der Waals surface area contributed by atoms with E-state index in [9.17, 15) is 8.78 Å². The lowest BCUT2D eigenvalue weighted by Crippen LogP contribution is -2.03. The van der Waals surface area contributed by atoms with Crippen molar-refractivity contribution >= 4 is 23.1 Å². The molecule has 0 saturated carbocycles. The van der Waals surface area contributed by atoms with Gasteiger partial charge in [-0.25, -0.2) is 0 Å². The van der Waals surface area contributed by atoms with Gasteiger partial charge in [0.25, 0.3) is 0 Å². The number of methoxy groups -OCH3 is 1. The largest absolute Gasteiger partial charge is 0.493 e. The topological polar surface area (TPSA) is 88.1 Å². The maximum atomic E-state index is 12.5. The summed E-state index contributed by atoms with van der Waals surface area (Å²) in [4.78, 5) is 5.43. The summed E-state index contributed by atoms with van der Waals surface area (Å²) in [7, 11) is 1.37. The van der Waals surface area contributed by atoms with Gasteiger partial charge in [0.1, 0.15) is 0 Å². The van der Waals surface area contributed by atoms with Crippen LogP contribution in [0.2, 0.25) is 0 Å². The lowest BCUT2D eigenvalue weighted by molar-refractivity contribution is -0.0512. The Hall–Kier alpha value is -2.99. The molecular weight excluding hydrogens is 448 g/mol. The Labute approximate surface area is 184 Å². The highest BCUT2D eigenvalue weighted by molar-refractivity contribution is 7.98. The highest BCUT2D eigenvalue weighted by atomic mass is 32.2. The molecule has 0 spiro atoms. The summed E-state index contributed by atoms with van der Waals surface area (Å²) in [5.74, 6) is 2.02. The number of halogens is 2. The highest BCUT2D eigenvalue weighted by Gasteiger charge is 2.17. The predicted molar refractivity (Wildman–Crippen MR) is 111 cm³/mol. The van der Waals surface area contributed by atoms with Gasteiger partial charge < -0.3 is 18.6 Å². The average molecular weight is 466 g/mol. The van der Waals surface area contributed by atoms with E-state index in [1.54, 1.807) is 17.4 Å². The Kier molecular flexibility index (Phi) is 6.47. The third kappa shape index (κ3) is 4.69. The number of hydrogen-bond donors (Lipinski definition) is 0. The molecule has 0 bridgehead atoms. The average Bonchev–Trinajstić information content (AvgIpc) is 3.52. The number of ether oxygens (including phenoxy) is 2. The summed E-state index contributed by atoms with van der Waals surface area (Å²) in [5.41, 5.74) is 0.551. The van der Waals surface area contributed by atoms with E-state index in [4.69, 9.17) is 9.26 Å². The lowest BCUT2D eigenvalue weighted by Gasteiger charge is -2.10. The Balaban J connectivity index is 1.48. The number of rotatable bonds is 9. The van der Waals surface area contributed by atoms with Gasteiger partial charge in [-0.05, 0) is 36.6 Å². The monoisotopic (exact) mass is 465 g/mol. The molecule has 162 valence electrons. The van der Waals surface area contributed by atoms with E-state index in [-0.39, 0.29) is 11.5 Å². The molecule has 0 fully saturated rings. The maximum Gasteiger partial charge on any atom is 0.387 e. The van der Waals surface area contributed by atoms with Crippen molar-refractivity contribution in [3.8, 4) is 33.6 Å². The van der Waals surface area contributed by atoms with Gasteiger partial charge in [-0.2, -0.15) is 13.8 Å². The second-order valence-electron chi connectivity index (χ2n) is 6.07. The standard InChI is InChI=1S/C19H17F2N5O3S2/c1-3-26-17(14-5-4-8-30-14)23-24-19(26)31-10-15-22-16(25-29-15)11-6-7-12(28-18(20)21)13(9-11)27-2/h4-9,18H,3,10H2,1-2H3. The first kappa shape index (κ1) is 21.2. The van der Waals surface area contributed by atoms with Crippen LogP contribution in [-0.4, -0.2) is 38.6 Å². The second kappa shape index (κ2) is 9.43. The van der Waals surface area contributed by atoms with Gasteiger partial charge in [-0.3, -0.25) is 0 Å². The van der Waals surface area contributed by atoms with Crippen molar-refractivity contribution in [2.24, 2.45) is 0 Å². The van der Waals surface area contributed by atoms with Crippen LogP contribution in [0.3, 0.4) is 0 Å². The first-order valence-electron chi connectivity index (χ1n) is 9.14. The van der Waals surface area contributed by atoms with Crippen LogP contribution in [0.4, 0.5) is 8.78 Å². The van der Waals surface area contributed by atoms with E-state index in [2.05, 4.69) is 25.1 Å². The summed E-state index contributed by atoms with van der Waals surface area (Å²) >= 11 is 3.05. The number of alkyl halides is 2. The van der Waals surface area contributed by atoms with Gasteiger partial charge in [0.15, 0.2) is 22.5 Å². The fraction of sp³-hybridized carbons (Fsp3) is 0.263. The Morgan fingerprint density at radius 3 is 2.81 bits per heavy atom. The van der Waals surface area contributed by atoms with Crippen molar-refractivity contribution in [2.75, 3.05) is 7.11 Å². The molecule has 0 amide bonds. The van der Waals surface area contributed by atoms with E-state index in [0.29, 0.717) is 23.0 Å². The SMILES string of the molecule is CCn1c(SCc2nc(-c3ccc(OC(F)F)c(OC)c3)no2)nnc1-c1cccs1. The third-order valence-corrected chi connectivity index (χ3v) is 6.02. The third-order valence-electron chi connectivity index (χ3n) is 4.21. The molecule has 31 heavy (non-hydrogen) atoms. The van der Waals surface area contributed by atoms with E-state index in [1.165, 1.54) is 31.0 Å².